The molecular formula is C113H71N9. The number of rotatable bonds is 14. The van der Waals surface area contributed by atoms with Crippen LogP contribution in [0.2, 0.25) is 0 Å². The largest absolute Gasteiger partial charge is 0.309 e. The summed E-state index contributed by atoms with van der Waals surface area (Å²) < 4.78 is 9.83. The van der Waals surface area contributed by atoms with E-state index in [9.17, 15) is 0 Å². The molecule has 122 heavy (non-hydrogen) atoms. The molecule has 0 amide bonds. The fraction of sp³-hybridized carbons (Fsp3) is 0. The van der Waals surface area contributed by atoms with Crippen molar-refractivity contribution >= 4 is 98.1 Å². The Morgan fingerprint density at radius 1 is 0.156 bits per heavy atom. The summed E-state index contributed by atoms with van der Waals surface area (Å²) in [5.41, 5.74) is 30.5. The zero-order chi connectivity index (χ0) is 80.3. The fourth-order valence-electron chi connectivity index (χ4n) is 18.9. The second kappa shape index (κ2) is 28.7. The number of fused-ring (bicyclic) bond motifs is 15. The molecule has 6 aromatic heterocycles. The third kappa shape index (κ3) is 11.6. The van der Waals surface area contributed by atoms with Crippen molar-refractivity contribution in [2.75, 3.05) is 0 Å². The molecule has 0 unspecified atom stereocenters. The molecule has 0 atom stereocenters. The second-order valence-electron chi connectivity index (χ2n) is 31.4. The summed E-state index contributed by atoms with van der Waals surface area (Å²) >= 11 is 0. The standard InChI is InChI=1S/C113H71N9/c1-6-29-72(30-7-1)75-59-61-85(62-60-75)121-99-57-28-53-95(104(99)92-63-65-101-105(108(92)121)90-50-17-20-55-97(90)119(101)86-46-24-42-81(69-86)73-31-8-2-9-32-73)113-117-110(77-37-14-5-15-38-77)116-111(118-113)84-45-23-41-80(68-84)78-39-22-40-79(67-78)83-44-26-48-88(71-83)122-100-58-27-52-94(112-114-96-54-19-16-49-89(96)107(115-112)76-35-12-4-13-36-76)103(100)93-64-66-102-106(109(93)122)91-51-18-21-56-98(91)120(102)87-47-25-43-82(70-87)74-33-10-3-11-34-74/h1-71H. The third-order valence-electron chi connectivity index (χ3n) is 24.4. The van der Waals surface area contributed by atoms with E-state index in [-0.39, 0.29) is 0 Å². The van der Waals surface area contributed by atoms with Crippen LogP contribution in [0.5, 0.6) is 0 Å². The second-order valence-corrected chi connectivity index (χ2v) is 31.4. The molecule has 0 aliphatic carbocycles. The van der Waals surface area contributed by atoms with Crippen LogP contribution in [0.1, 0.15) is 0 Å². The molecule has 0 N–H and O–H groups in total. The maximum atomic E-state index is 5.62. The lowest BCUT2D eigenvalue weighted by molar-refractivity contribution is 1.08. The summed E-state index contributed by atoms with van der Waals surface area (Å²) in [7, 11) is 0. The zero-order valence-electron chi connectivity index (χ0n) is 66.0. The molecule has 0 bridgehead atoms. The maximum Gasteiger partial charge on any atom is 0.164 e. The van der Waals surface area contributed by atoms with E-state index in [2.05, 4.69) is 431 Å². The molecule has 568 valence electrons. The molecule has 24 aromatic rings. The Labute approximate surface area is 702 Å². The highest BCUT2D eigenvalue weighted by atomic mass is 15.1. The van der Waals surface area contributed by atoms with E-state index in [1.807, 2.05) is 18.2 Å². The lowest BCUT2D eigenvalue weighted by atomic mass is 9.97. The van der Waals surface area contributed by atoms with Gasteiger partial charge in [0.1, 0.15) is 0 Å². The molecule has 0 spiro atoms. The molecule has 0 radical (unpaired) electrons. The summed E-state index contributed by atoms with van der Waals surface area (Å²) in [4.78, 5) is 27.5. The fourth-order valence-corrected chi connectivity index (χ4v) is 18.9. The van der Waals surface area contributed by atoms with Crippen molar-refractivity contribution in [3.8, 4) is 135 Å². The summed E-state index contributed by atoms with van der Waals surface area (Å²) in [5, 5.41) is 9.92. The van der Waals surface area contributed by atoms with E-state index >= 15 is 0 Å². The number of benzene rings is 18. The molecular weight excluding hydrogens is 1480 g/mol. The van der Waals surface area contributed by atoms with Crippen molar-refractivity contribution in [2.24, 2.45) is 0 Å². The molecule has 9 nitrogen and oxygen atoms in total. The Morgan fingerprint density at radius 3 is 0.992 bits per heavy atom. The first kappa shape index (κ1) is 69.8. The number of nitrogens with zero attached hydrogens (tertiary/aromatic N) is 9. The Hall–Kier alpha value is -16.5. The van der Waals surface area contributed by atoms with Gasteiger partial charge in [-0.3, -0.25) is 0 Å². The van der Waals surface area contributed by atoms with Crippen molar-refractivity contribution in [1.82, 2.24) is 43.2 Å². The van der Waals surface area contributed by atoms with Gasteiger partial charge in [-0.25, -0.2) is 24.9 Å². The minimum Gasteiger partial charge on any atom is -0.309 e. The average Bonchev–Trinajstić information content (AvgIpc) is 1.54. The minimum atomic E-state index is 0.566. The molecule has 18 aromatic carbocycles. The first-order valence-electron chi connectivity index (χ1n) is 41.4. The van der Waals surface area contributed by atoms with Crippen LogP contribution in [-0.2, 0) is 0 Å². The molecule has 9 heteroatoms. The zero-order valence-corrected chi connectivity index (χ0v) is 66.0. The molecule has 0 fully saturated rings. The SMILES string of the molecule is c1ccc(-c2ccc(-n3c4cccc(-c5nc(-c6ccccc6)nc(-c6cccc(-c7cccc(-c8cccc(-n9c%10cccc(-c%11nc(-c%12ccccc%12)c%12ccccc%12n%11)c%10c%10ccc%11c(c%12ccccc%12n%11-c%11cccc(-c%12ccccc%12)c%11)c%109)c8)c7)c6)n5)c4c4ccc5c(c6ccccc6n5-c5cccc(-c6ccccc6)c5)c43)cc2)cc1. The summed E-state index contributed by atoms with van der Waals surface area (Å²) in [6, 6.07) is 155. The van der Waals surface area contributed by atoms with Gasteiger partial charge in [-0.15, -0.1) is 0 Å². The van der Waals surface area contributed by atoms with E-state index in [0.717, 1.165) is 199 Å². The first-order valence-corrected chi connectivity index (χ1v) is 41.4. The van der Waals surface area contributed by atoms with Crippen LogP contribution in [0.4, 0.5) is 0 Å². The normalized spacial score (nSPS) is 11.8. The van der Waals surface area contributed by atoms with E-state index < -0.39 is 0 Å². The van der Waals surface area contributed by atoms with Gasteiger partial charge in [0.05, 0.1) is 55.3 Å². The predicted octanol–water partition coefficient (Wildman–Crippen LogP) is 28.9. The Balaban J connectivity index is 0.657. The third-order valence-corrected chi connectivity index (χ3v) is 24.4. The smallest absolute Gasteiger partial charge is 0.164 e. The lowest BCUT2D eigenvalue weighted by Crippen LogP contribution is -2.00. The summed E-state index contributed by atoms with van der Waals surface area (Å²) in [6.45, 7) is 0. The van der Waals surface area contributed by atoms with Crippen LogP contribution >= 0.6 is 0 Å². The Bertz CT molecular complexity index is 8290. The number of aromatic nitrogens is 9. The van der Waals surface area contributed by atoms with Crippen LogP contribution in [0.25, 0.3) is 233 Å². The van der Waals surface area contributed by atoms with Crippen LogP contribution in [0, 0.1) is 0 Å². The monoisotopic (exact) mass is 1550 g/mol. The van der Waals surface area contributed by atoms with Gasteiger partial charge >= 0.3 is 0 Å². The van der Waals surface area contributed by atoms with E-state index in [0.29, 0.717) is 23.3 Å². The highest BCUT2D eigenvalue weighted by Crippen LogP contribution is 2.49. The van der Waals surface area contributed by atoms with Crippen LogP contribution in [0.3, 0.4) is 0 Å². The number of para-hydroxylation sites is 3. The van der Waals surface area contributed by atoms with Crippen molar-refractivity contribution in [2.45, 2.75) is 0 Å². The topological polar surface area (TPSA) is 84.2 Å². The average molecular weight is 1550 g/mol. The van der Waals surface area contributed by atoms with E-state index in [1.54, 1.807) is 0 Å². The van der Waals surface area contributed by atoms with Gasteiger partial charge < -0.3 is 18.3 Å². The quantitative estimate of drug-likeness (QED) is 0.108. The van der Waals surface area contributed by atoms with Gasteiger partial charge in [0.2, 0.25) is 0 Å². The van der Waals surface area contributed by atoms with Gasteiger partial charge in [0, 0.05) is 99.0 Å². The first-order chi connectivity index (χ1) is 60.5. The van der Waals surface area contributed by atoms with Crippen molar-refractivity contribution in [3.63, 3.8) is 0 Å². The van der Waals surface area contributed by atoms with Crippen molar-refractivity contribution in [1.29, 1.82) is 0 Å². The molecule has 0 aliphatic rings. The predicted molar refractivity (Wildman–Crippen MR) is 505 cm³/mol. The van der Waals surface area contributed by atoms with Gasteiger partial charge in [-0.1, -0.05) is 328 Å². The molecule has 24 rings (SSSR count). The molecule has 0 saturated carbocycles. The minimum absolute atomic E-state index is 0.566. The van der Waals surface area contributed by atoms with Gasteiger partial charge in [0.15, 0.2) is 23.3 Å². The van der Waals surface area contributed by atoms with E-state index in [4.69, 9.17) is 24.9 Å². The van der Waals surface area contributed by atoms with Gasteiger partial charge in [-0.2, -0.15) is 0 Å². The summed E-state index contributed by atoms with van der Waals surface area (Å²) in [5.74, 6) is 2.39. The van der Waals surface area contributed by atoms with Crippen molar-refractivity contribution < 1.29 is 0 Å². The molecule has 0 aliphatic heterocycles. The Kier molecular flexibility index (Phi) is 16.4. The van der Waals surface area contributed by atoms with Gasteiger partial charge in [-0.05, 0) is 159 Å². The summed E-state index contributed by atoms with van der Waals surface area (Å²) in [6.07, 6.45) is 0. The highest BCUT2D eigenvalue weighted by molar-refractivity contribution is 6.30. The molecule has 0 saturated heterocycles. The van der Waals surface area contributed by atoms with Crippen LogP contribution in [0.15, 0.2) is 431 Å². The van der Waals surface area contributed by atoms with E-state index in [1.165, 1.54) is 11.1 Å². The maximum absolute atomic E-state index is 5.62. The number of hydrogen-bond acceptors (Lipinski definition) is 5. The lowest BCUT2D eigenvalue weighted by Gasteiger charge is -2.13. The highest BCUT2D eigenvalue weighted by Gasteiger charge is 2.28. The van der Waals surface area contributed by atoms with Crippen LogP contribution in [-0.4, -0.2) is 43.2 Å². The molecule has 6 heterocycles. The van der Waals surface area contributed by atoms with Crippen LogP contribution < -0.4 is 0 Å². The van der Waals surface area contributed by atoms with Crippen molar-refractivity contribution in [3.05, 3.63) is 431 Å². The van der Waals surface area contributed by atoms with Gasteiger partial charge in [0.25, 0.3) is 0 Å². The number of hydrogen-bond donors (Lipinski definition) is 0. The Morgan fingerprint density at radius 2 is 0.484 bits per heavy atom.